The van der Waals surface area contributed by atoms with Gasteiger partial charge in [0.1, 0.15) is 0 Å². The van der Waals surface area contributed by atoms with Gasteiger partial charge in [-0.2, -0.15) is 13.2 Å². The zero-order valence-electron chi connectivity index (χ0n) is 10.1. The molecule has 7 heteroatoms. The molecule has 1 N–H and O–H groups in total. The lowest BCUT2D eigenvalue weighted by Crippen LogP contribution is -2.08. The molecule has 0 aliphatic rings. The molecule has 0 amide bonds. The molecule has 104 valence electrons. The van der Waals surface area contributed by atoms with E-state index in [1.165, 1.54) is 12.1 Å². The number of hydrogen-bond donors (Lipinski definition) is 1. The number of halogens is 3. The van der Waals surface area contributed by atoms with Crippen LogP contribution < -0.4 is 0 Å². The molecule has 0 aromatic heterocycles. The zero-order valence-corrected chi connectivity index (χ0v) is 10.1. The van der Waals surface area contributed by atoms with E-state index in [-0.39, 0.29) is 6.42 Å². The van der Waals surface area contributed by atoms with Crippen LogP contribution in [0.1, 0.15) is 18.1 Å². The van der Waals surface area contributed by atoms with Gasteiger partial charge in [-0.15, -0.1) is 0 Å². The van der Waals surface area contributed by atoms with Crippen LogP contribution in [0.2, 0.25) is 0 Å². The molecule has 0 fully saturated rings. The molecule has 0 heterocycles. The van der Waals surface area contributed by atoms with E-state index in [1.807, 2.05) is 0 Å². The van der Waals surface area contributed by atoms with Crippen molar-refractivity contribution >= 4 is 11.7 Å². The van der Waals surface area contributed by atoms with Crippen LogP contribution in [0, 0.1) is 0 Å². The molecular formula is C12H12F3NO3. The van der Waals surface area contributed by atoms with Crippen LogP contribution in [0.25, 0.3) is 0 Å². The minimum atomic E-state index is -4.39. The summed E-state index contributed by atoms with van der Waals surface area (Å²) in [7, 11) is 0. The SMILES string of the molecule is C/C(Cc1cccc(C(F)(F)F)c1)=N\OCC(=O)O. The number of oxime groups is 1. The van der Waals surface area contributed by atoms with Crippen LogP contribution in [0.4, 0.5) is 13.2 Å². The van der Waals surface area contributed by atoms with Crippen LogP contribution in [-0.2, 0) is 22.2 Å². The maximum Gasteiger partial charge on any atom is 0.416 e. The summed E-state index contributed by atoms with van der Waals surface area (Å²) in [6, 6.07) is 4.85. The Morgan fingerprint density at radius 2 is 2.11 bits per heavy atom. The smallest absolute Gasteiger partial charge is 0.416 e. The first-order valence-corrected chi connectivity index (χ1v) is 5.32. The van der Waals surface area contributed by atoms with Gasteiger partial charge in [-0.05, 0) is 18.6 Å². The molecule has 0 saturated carbocycles. The highest BCUT2D eigenvalue weighted by Gasteiger charge is 2.30. The van der Waals surface area contributed by atoms with Gasteiger partial charge in [0, 0.05) is 6.42 Å². The minimum Gasteiger partial charge on any atom is -0.479 e. The molecule has 19 heavy (non-hydrogen) atoms. The van der Waals surface area contributed by atoms with Crippen LogP contribution >= 0.6 is 0 Å². The summed E-state index contributed by atoms with van der Waals surface area (Å²) in [5.41, 5.74) is 0.0832. The van der Waals surface area contributed by atoms with Crippen molar-refractivity contribution in [1.82, 2.24) is 0 Å². The molecule has 0 radical (unpaired) electrons. The fourth-order valence-electron chi connectivity index (χ4n) is 1.38. The highest BCUT2D eigenvalue weighted by molar-refractivity contribution is 5.83. The van der Waals surface area contributed by atoms with E-state index in [2.05, 4.69) is 9.99 Å². The fraction of sp³-hybridized carbons (Fsp3) is 0.333. The first-order valence-electron chi connectivity index (χ1n) is 5.32. The molecule has 1 aromatic rings. The molecule has 1 aromatic carbocycles. The second-order valence-electron chi connectivity index (χ2n) is 3.87. The Kier molecular flexibility index (Phi) is 4.91. The van der Waals surface area contributed by atoms with Crippen molar-refractivity contribution in [3.63, 3.8) is 0 Å². The van der Waals surface area contributed by atoms with E-state index in [0.717, 1.165) is 12.1 Å². The molecular weight excluding hydrogens is 263 g/mol. The molecule has 0 bridgehead atoms. The maximum atomic E-state index is 12.5. The largest absolute Gasteiger partial charge is 0.479 e. The van der Waals surface area contributed by atoms with E-state index in [1.54, 1.807) is 6.92 Å². The Balaban J connectivity index is 2.69. The normalized spacial score (nSPS) is 12.3. The summed E-state index contributed by atoms with van der Waals surface area (Å²) >= 11 is 0. The third-order valence-electron chi connectivity index (χ3n) is 2.12. The van der Waals surface area contributed by atoms with E-state index in [4.69, 9.17) is 5.11 Å². The predicted octanol–water partition coefficient (Wildman–Crippen LogP) is 2.73. The Hall–Kier alpha value is -2.05. The van der Waals surface area contributed by atoms with Crippen LogP contribution in [0.5, 0.6) is 0 Å². The lowest BCUT2D eigenvalue weighted by atomic mass is 10.1. The number of carbonyl (C=O) groups is 1. The van der Waals surface area contributed by atoms with Crippen molar-refractivity contribution < 1.29 is 27.9 Å². The van der Waals surface area contributed by atoms with Gasteiger partial charge in [0.2, 0.25) is 6.61 Å². The molecule has 0 unspecified atom stereocenters. The Morgan fingerprint density at radius 1 is 1.42 bits per heavy atom. The number of aliphatic carboxylic acids is 1. The maximum absolute atomic E-state index is 12.5. The van der Waals surface area contributed by atoms with E-state index in [0.29, 0.717) is 11.3 Å². The molecule has 0 atom stereocenters. The minimum absolute atomic E-state index is 0.156. The average molecular weight is 275 g/mol. The number of carboxylic acids is 1. The van der Waals surface area contributed by atoms with E-state index in [9.17, 15) is 18.0 Å². The summed E-state index contributed by atoms with van der Waals surface area (Å²) in [5.74, 6) is -1.17. The average Bonchev–Trinajstić information content (AvgIpc) is 2.27. The second-order valence-corrected chi connectivity index (χ2v) is 3.87. The third kappa shape index (κ3) is 5.41. The number of nitrogens with zero attached hydrogens (tertiary/aromatic N) is 1. The van der Waals surface area contributed by atoms with Gasteiger partial charge in [0.05, 0.1) is 11.3 Å². The number of alkyl halides is 3. The van der Waals surface area contributed by atoms with Gasteiger partial charge in [-0.1, -0.05) is 23.4 Å². The van der Waals surface area contributed by atoms with E-state index < -0.39 is 24.3 Å². The van der Waals surface area contributed by atoms with Gasteiger partial charge >= 0.3 is 12.1 Å². The monoisotopic (exact) mass is 275 g/mol. The highest BCUT2D eigenvalue weighted by atomic mass is 19.4. The number of carboxylic acid groups (broad SMARTS) is 1. The molecule has 0 spiro atoms. The zero-order chi connectivity index (χ0) is 14.5. The Bertz CT molecular complexity index is 483. The first kappa shape index (κ1) is 15.0. The summed E-state index contributed by atoms with van der Waals surface area (Å²) in [5, 5.41) is 11.8. The lowest BCUT2D eigenvalue weighted by molar-refractivity contribution is -0.142. The summed E-state index contributed by atoms with van der Waals surface area (Å²) in [4.78, 5) is 14.7. The summed E-state index contributed by atoms with van der Waals surface area (Å²) < 4.78 is 37.4. The first-order chi connectivity index (χ1) is 8.79. The van der Waals surface area contributed by atoms with Crippen LogP contribution in [0.3, 0.4) is 0 Å². The Labute approximate surface area is 107 Å². The van der Waals surface area contributed by atoms with Crippen molar-refractivity contribution in [2.24, 2.45) is 5.16 Å². The Morgan fingerprint density at radius 3 is 2.68 bits per heavy atom. The van der Waals surface area contributed by atoms with Gasteiger partial charge in [-0.25, -0.2) is 4.79 Å². The molecule has 0 aliphatic carbocycles. The predicted molar refractivity (Wildman–Crippen MR) is 61.8 cm³/mol. The van der Waals surface area contributed by atoms with Crippen molar-refractivity contribution in [3.8, 4) is 0 Å². The quantitative estimate of drug-likeness (QED) is 0.664. The molecule has 0 aliphatic heterocycles. The number of rotatable bonds is 5. The van der Waals surface area contributed by atoms with Gasteiger partial charge < -0.3 is 9.94 Å². The van der Waals surface area contributed by atoms with Crippen LogP contribution in [0.15, 0.2) is 29.4 Å². The third-order valence-corrected chi connectivity index (χ3v) is 2.12. The van der Waals surface area contributed by atoms with Crippen molar-refractivity contribution in [1.29, 1.82) is 0 Å². The highest BCUT2D eigenvalue weighted by Crippen LogP contribution is 2.29. The second kappa shape index (κ2) is 6.21. The van der Waals surface area contributed by atoms with Gasteiger partial charge in [0.25, 0.3) is 0 Å². The van der Waals surface area contributed by atoms with Gasteiger partial charge in [0.15, 0.2) is 0 Å². The van der Waals surface area contributed by atoms with E-state index >= 15 is 0 Å². The van der Waals surface area contributed by atoms with Crippen LogP contribution in [-0.4, -0.2) is 23.4 Å². The van der Waals surface area contributed by atoms with Crippen molar-refractivity contribution in [2.45, 2.75) is 19.5 Å². The standard InChI is InChI=1S/C12H12F3NO3/c1-8(16-19-7-11(17)18)5-9-3-2-4-10(6-9)12(13,14)15/h2-4,6H,5,7H2,1H3,(H,17,18)/b16-8+. The molecule has 1 rings (SSSR count). The number of hydrogen-bond acceptors (Lipinski definition) is 3. The topological polar surface area (TPSA) is 58.9 Å². The molecule has 4 nitrogen and oxygen atoms in total. The lowest BCUT2D eigenvalue weighted by Gasteiger charge is -2.08. The van der Waals surface area contributed by atoms with Crippen molar-refractivity contribution in [2.75, 3.05) is 6.61 Å². The van der Waals surface area contributed by atoms with Gasteiger partial charge in [-0.3, -0.25) is 0 Å². The molecule has 0 saturated heterocycles. The van der Waals surface area contributed by atoms with Crippen molar-refractivity contribution in [3.05, 3.63) is 35.4 Å². The number of benzene rings is 1. The summed E-state index contributed by atoms with van der Waals surface area (Å²) in [6.45, 7) is 0.960. The summed E-state index contributed by atoms with van der Waals surface area (Å²) in [6.07, 6.45) is -4.23. The fourth-order valence-corrected chi connectivity index (χ4v) is 1.38.